The maximum Gasteiger partial charge on any atom is 0.261 e. The highest BCUT2D eigenvalue weighted by molar-refractivity contribution is 7.92. The second kappa shape index (κ2) is 9.54. The van der Waals surface area contributed by atoms with Crippen molar-refractivity contribution in [2.75, 3.05) is 4.72 Å². The van der Waals surface area contributed by atoms with Gasteiger partial charge >= 0.3 is 0 Å². The molecule has 31 heavy (non-hydrogen) atoms. The van der Waals surface area contributed by atoms with E-state index in [1.807, 2.05) is 38.1 Å². The Labute approximate surface area is 188 Å². The van der Waals surface area contributed by atoms with Gasteiger partial charge in [0.05, 0.1) is 21.5 Å². The highest BCUT2D eigenvalue weighted by Gasteiger charge is 2.18. The van der Waals surface area contributed by atoms with E-state index in [1.54, 1.807) is 12.1 Å². The van der Waals surface area contributed by atoms with Gasteiger partial charge in [0, 0.05) is 5.69 Å². The van der Waals surface area contributed by atoms with Crippen molar-refractivity contribution < 1.29 is 13.2 Å². The van der Waals surface area contributed by atoms with Gasteiger partial charge in [-0.25, -0.2) is 8.42 Å². The van der Waals surface area contributed by atoms with Gasteiger partial charge in [0.1, 0.15) is 0 Å². The first-order chi connectivity index (χ1) is 14.7. The molecule has 5 nitrogen and oxygen atoms in total. The van der Waals surface area contributed by atoms with Crippen molar-refractivity contribution in [1.82, 2.24) is 5.32 Å². The first-order valence-corrected chi connectivity index (χ1v) is 11.8. The molecule has 0 spiro atoms. The molecule has 1 atom stereocenters. The van der Waals surface area contributed by atoms with Crippen molar-refractivity contribution in [2.45, 2.75) is 38.1 Å². The Hall–Kier alpha value is -2.83. The number of hydrogen-bond donors (Lipinski definition) is 2. The van der Waals surface area contributed by atoms with Crippen molar-refractivity contribution in [3.8, 4) is 0 Å². The van der Waals surface area contributed by atoms with Gasteiger partial charge in [-0.3, -0.25) is 9.52 Å². The van der Waals surface area contributed by atoms with Gasteiger partial charge in [0.25, 0.3) is 15.9 Å². The van der Waals surface area contributed by atoms with Crippen molar-refractivity contribution in [2.24, 2.45) is 0 Å². The normalized spacial score (nSPS) is 12.3. The van der Waals surface area contributed by atoms with Crippen LogP contribution in [0, 0.1) is 6.92 Å². The SMILES string of the molecule is CCc1ccc([C@@H](C)NC(=O)c2cc(NS(=O)(=O)c3ccc(C)cc3)ccc2Cl)cc1. The van der Waals surface area contributed by atoms with Crippen molar-refractivity contribution in [1.29, 1.82) is 0 Å². The number of anilines is 1. The zero-order chi connectivity index (χ0) is 22.6. The fourth-order valence-electron chi connectivity index (χ4n) is 3.09. The predicted octanol–water partition coefficient (Wildman–Crippen LogP) is 5.50. The largest absolute Gasteiger partial charge is 0.345 e. The van der Waals surface area contributed by atoms with Gasteiger partial charge in [-0.15, -0.1) is 0 Å². The van der Waals surface area contributed by atoms with E-state index in [0.29, 0.717) is 0 Å². The van der Waals surface area contributed by atoms with Crippen LogP contribution < -0.4 is 10.0 Å². The Morgan fingerprint density at radius 3 is 2.26 bits per heavy atom. The summed E-state index contributed by atoms with van der Waals surface area (Å²) >= 11 is 6.23. The Balaban J connectivity index is 1.78. The quantitative estimate of drug-likeness (QED) is 0.492. The Morgan fingerprint density at radius 1 is 1.00 bits per heavy atom. The molecule has 7 heteroatoms. The second-order valence-corrected chi connectivity index (χ2v) is 9.49. The summed E-state index contributed by atoms with van der Waals surface area (Å²) in [5.74, 6) is -0.381. The molecule has 0 unspecified atom stereocenters. The number of hydrogen-bond acceptors (Lipinski definition) is 3. The van der Waals surface area contributed by atoms with E-state index in [1.165, 1.54) is 35.9 Å². The minimum Gasteiger partial charge on any atom is -0.345 e. The molecule has 3 aromatic rings. The first kappa shape index (κ1) is 22.8. The maximum absolute atomic E-state index is 12.8. The fraction of sp³-hybridized carbons (Fsp3) is 0.208. The molecule has 2 N–H and O–H groups in total. The summed E-state index contributed by atoms with van der Waals surface area (Å²) in [4.78, 5) is 13.0. The molecule has 0 aliphatic carbocycles. The molecule has 162 valence electrons. The number of benzene rings is 3. The predicted molar refractivity (Wildman–Crippen MR) is 125 cm³/mol. The molecule has 0 saturated heterocycles. The van der Waals surface area contributed by atoms with Crippen LogP contribution in [0.5, 0.6) is 0 Å². The molecule has 1 amide bonds. The molecule has 0 aliphatic heterocycles. The second-order valence-electron chi connectivity index (χ2n) is 7.40. The molecule has 0 aromatic heterocycles. The molecule has 0 radical (unpaired) electrons. The van der Waals surface area contributed by atoms with E-state index in [4.69, 9.17) is 11.6 Å². The zero-order valence-electron chi connectivity index (χ0n) is 17.6. The standard InChI is InChI=1S/C24H25ClN2O3S/c1-4-18-7-9-19(10-8-18)17(3)26-24(28)22-15-20(11-14-23(22)25)27-31(29,30)21-12-5-16(2)6-13-21/h5-15,17,27H,4H2,1-3H3,(H,26,28)/t17-/m1/s1. The first-order valence-electron chi connectivity index (χ1n) is 9.98. The topological polar surface area (TPSA) is 75.3 Å². The van der Waals surface area contributed by atoms with Gasteiger partial charge in [-0.2, -0.15) is 0 Å². The number of sulfonamides is 1. The van der Waals surface area contributed by atoms with Gasteiger partial charge in [0.2, 0.25) is 0 Å². The molecule has 3 rings (SSSR count). The smallest absolute Gasteiger partial charge is 0.261 e. The molecular weight excluding hydrogens is 432 g/mol. The summed E-state index contributed by atoms with van der Waals surface area (Å²) < 4.78 is 27.8. The monoisotopic (exact) mass is 456 g/mol. The summed E-state index contributed by atoms with van der Waals surface area (Å²) in [6.45, 7) is 5.85. The summed E-state index contributed by atoms with van der Waals surface area (Å²) in [5.41, 5.74) is 3.61. The third-order valence-electron chi connectivity index (χ3n) is 5.03. The molecular formula is C24H25ClN2O3S. The molecule has 0 heterocycles. The van der Waals surface area contributed by atoms with E-state index in [-0.39, 0.29) is 33.1 Å². The number of carbonyl (C=O) groups excluding carboxylic acids is 1. The minimum atomic E-state index is -3.78. The Kier molecular flexibility index (Phi) is 7.03. The molecule has 0 saturated carbocycles. The highest BCUT2D eigenvalue weighted by Crippen LogP contribution is 2.24. The van der Waals surface area contributed by atoms with Crippen LogP contribution >= 0.6 is 11.6 Å². The van der Waals surface area contributed by atoms with Crippen molar-refractivity contribution in [3.63, 3.8) is 0 Å². The lowest BCUT2D eigenvalue weighted by Crippen LogP contribution is -2.27. The van der Waals surface area contributed by atoms with Crippen LogP contribution in [-0.4, -0.2) is 14.3 Å². The zero-order valence-corrected chi connectivity index (χ0v) is 19.2. The van der Waals surface area contributed by atoms with Crippen LogP contribution in [0.3, 0.4) is 0 Å². The average molecular weight is 457 g/mol. The number of carbonyl (C=O) groups is 1. The molecule has 0 aliphatic rings. The molecule has 0 fully saturated rings. The Bertz CT molecular complexity index is 1170. The number of aryl methyl sites for hydroxylation is 2. The molecule has 3 aromatic carbocycles. The lowest BCUT2D eigenvalue weighted by molar-refractivity contribution is 0.0940. The van der Waals surface area contributed by atoms with E-state index >= 15 is 0 Å². The van der Waals surface area contributed by atoms with Gasteiger partial charge in [-0.1, -0.05) is 60.5 Å². The van der Waals surface area contributed by atoms with E-state index in [2.05, 4.69) is 17.0 Å². The lowest BCUT2D eigenvalue weighted by Gasteiger charge is -2.16. The summed E-state index contributed by atoms with van der Waals surface area (Å²) in [6.07, 6.45) is 0.946. The van der Waals surface area contributed by atoms with E-state index in [0.717, 1.165) is 17.5 Å². The van der Waals surface area contributed by atoms with E-state index < -0.39 is 10.0 Å². The third-order valence-corrected chi connectivity index (χ3v) is 6.76. The van der Waals surface area contributed by atoms with Crippen molar-refractivity contribution in [3.05, 3.63) is 94.0 Å². The van der Waals surface area contributed by atoms with Crippen LogP contribution in [0.2, 0.25) is 5.02 Å². The summed E-state index contributed by atoms with van der Waals surface area (Å²) in [7, 11) is -3.78. The third kappa shape index (κ3) is 5.66. The number of halogens is 1. The summed E-state index contributed by atoms with van der Waals surface area (Å²) in [5, 5.41) is 3.16. The van der Waals surface area contributed by atoms with Gasteiger partial charge < -0.3 is 5.32 Å². The number of amides is 1. The van der Waals surface area contributed by atoms with Crippen LogP contribution in [-0.2, 0) is 16.4 Å². The van der Waals surface area contributed by atoms with Crippen LogP contribution in [0.25, 0.3) is 0 Å². The van der Waals surface area contributed by atoms with Crippen LogP contribution in [0.4, 0.5) is 5.69 Å². The van der Waals surface area contributed by atoms with Gasteiger partial charge in [-0.05, 0) is 61.7 Å². The van der Waals surface area contributed by atoms with E-state index in [9.17, 15) is 13.2 Å². The number of rotatable bonds is 7. The summed E-state index contributed by atoms with van der Waals surface area (Å²) in [6, 6.07) is 18.8. The van der Waals surface area contributed by atoms with Crippen molar-refractivity contribution >= 4 is 33.2 Å². The highest BCUT2D eigenvalue weighted by atomic mass is 35.5. The number of nitrogens with one attached hydrogen (secondary N) is 2. The lowest BCUT2D eigenvalue weighted by atomic mass is 10.0. The van der Waals surface area contributed by atoms with Crippen LogP contribution in [0.15, 0.2) is 71.6 Å². The molecule has 0 bridgehead atoms. The maximum atomic E-state index is 12.8. The Morgan fingerprint density at radius 2 is 1.65 bits per heavy atom. The fourth-order valence-corrected chi connectivity index (χ4v) is 4.35. The van der Waals surface area contributed by atoms with Gasteiger partial charge in [0.15, 0.2) is 0 Å². The van der Waals surface area contributed by atoms with Crippen LogP contribution in [0.1, 0.15) is 46.9 Å². The minimum absolute atomic E-state index is 0.142. The average Bonchev–Trinajstić information content (AvgIpc) is 2.75.